The zero-order valence-corrected chi connectivity index (χ0v) is 18.0. The third-order valence-electron chi connectivity index (χ3n) is 5.08. The smallest absolute Gasteiger partial charge is 0.416 e. The van der Waals surface area contributed by atoms with Crippen molar-refractivity contribution in [2.45, 2.75) is 33.2 Å². The summed E-state index contributed by atoms with van der Waals surface area (Å²) in [6.07, 6.45) is -2.58. The highest BCUT2D eigenvalue weighted by Gasteiger charge is 2.30. The molecule has 0 saturated carbocycles. The number of ether oxygens (including phenoxy) is 1. The van der Waals surface area contributed by atoms with E-state index in [9.17, 15) is 18.0 Å². The number of hydrogen-bond acceptors (Lipinski definition) is 4. The molecule has 0 saturated heterocycles. The fraction of sp³-hybridized carbons (Fsp3) is 0.217. The number of aryl methyl sites for hydroxylation is 2. The Bertz CT molecular complexity index is 1290. The van der Waals surface area contributed by atoms with Gasteiger partial charge in [-0.2, -0.15) is 13.2 Å². The molecule has 2 heterocycles. The number of carbonyl (C=O) groups is 1. The van der Waals surface area contributed by atoms with E-state index in [1.165, 1.54) is 23.5 Å². The highest BCUT2D eigenvalue weighted by atomic mass is 32.1. The van der Waals surface area contributed by atoms with E-state index in [0.29, 0.717) is 16.3 Å². The van der Waals surface area contributed by atoms with Gasteiger partial charge in [-0.05, 0) is 43.7 Å². The number of benzene rings is 2. The average Bonchev–Trinajstić information content (AvgIpc) is 3.25. The van der Waals surface area contributed by atoms with Gasteiger partial charge >= 0.3 is 12.1 Å². The highest BCUT2D eigenvalue weighted by Crippen LogP contribution is 2.33. The molecular formula is C23H19F3N2O3S. The van der Waals surface area contributed by atoms with Crippen LogP contribution in [0.2, 0.25) is 0 Å². The number of rotatable bonds is 6. The molecule has 0 aliphatic carbocycles. The average molecular weight is 460 g/mol. The standard InChI is InChI=1S/C23H19F3N2O3S/c1-13-10-28(11-21(29)30)19-9-17(7-8-18(13)19)31-12-20-14(2)27-22(32-20)15-3-5-16(6-4-15)23(24,25)26/h3-10H,11-12H2,1-2H3,(H,29,30). The van der Waals surface area contributed by atoms with E-state index in [1.807, 2.05) is 26.0 Å². The Morgan fingerprint density at radius 3 is 2.53 bits per heavy atom. The van der Waals surface area contributed by atoms with Crippen molar-refractivity contribution >= 4 is 28.2 Å². The molecule has 0 radical (unpaired) electrons. The first-order valence-electron chi connectivity index (χ1n) is 9.70. The zero-order chi connectivity index (χ0) is 23.0. The first-order chi connectivity index (χ1) is 15.1. The van der Waals surface area contributed by atoms with E-state index in [-0.39, 0.29) is 13.2 Å². The molecule has 0 fully saturated rings. The number of aliphatic carboxylic acids is 1. The summed E-state index contributed by atoms with van der Waals surface area (Å²) in [5.74, 6) is -0.338. The Balaban J connectivity index is 1.53. The number of halogens is 3. The fourth-order valence-electron chi connectivity index (χ4n) is 3.46. The normalized spacial score (nSPS) is 11.8. The maximum Gasteiger partial charge on any atom is 0.416 e. The van der Waals surface area contributed by atoms with Crippen molar-refractivity contribution in [3.05, 3.63) is 70.4 Å². The molecule has 0 aliphatic heterocycles. The lowest BCUT2D eigenvalue weighted by molar-refractivity contribution is -0.138. The number of nitrogens with zero attached hydrogens (tertiary/aromatic N) is 2. The second kappa shape index (κ2) is 8.31. The second-order valence-corrected chi connectivity index (χ2v) is 8.49. The summed E-state index contributed by atoms with van der Waals surface area (Å²) in [7, 11) is 0. The lowest BCUT2D eigenvalue weighted by Gasteiger charge is -2.07. The van der Waals surface area contributed by atoms with Gasteiger partial charge in [0.15, 0.2) is 0 Å². The van der Waals surface area contributed by atoms with E-state index in [4.69, 9.17) is 9.84 Å². The summed E-state index contributed by atoms with van der Waals surface area (Å²) in [5.41, 5.74) is 2.41. The Kier molecular flexibility index (Phi) is 5.68. The zero-order valence-electron chi connectivity index (χ0n) is 17.2. The minimum absolute atomic E-state index is 0.141. The Morgan fingerprint density at radius 1 is 1.16 bits per heavy atom. The number of hydrogen-bond donors (Lipinski definition) is 1. The van der Waals surface area contributed by atoms with Crippen molar-refractivity contribution in [2.75, 3.05) is 0 Å². The number of carboxylic acids is 1. The van der Waals surface area contributed by atoms with Crippen LogP contribution in [-0.4, -0.2) is 20.6 Å². The maximum atomic E-state index is 12.8. The fourth-order valence-corrected chi connectivity index (χ4v) is 4.44. The maximum absolute atomic E-state index is 12.8. The van der Waals surface area contributed by atoms with E-state index in [1.54, 1.807) is 16.8 Å². The number of fused-ring (bicyclic) bond motifs is 1. The van der Waals surface area contributed by atoms with Gasteiger partial charge in [0.2, 0.25) is 0 Å². The number of carboxylic acid groups (broad SMARTS) is 1. The Hall–Kier alpha value is -3.33. The molecule has 0 amide bonds. The summed E-state index contributed by atoms with van der Waals surface area (Å²) >= 11 is 1.36. The predicted molar refractivity (Wildman–Crippen MR) is 116 cm³/mol. The summed E-state index contributed by atoms with van der Waals surface area (Å²) in [5, 5.41) is 10.7. The number of thiazole rings is 1. The summed E-state index contributed by atoms with van der Waals surface area (Å²) in [6, 6.07) is 10.5. The molecular weight excluding hydrogens is 441 g/mol. The quantitative estimate of drug-likeness (QED) is 0.380. The molecule has 0 unspecified atom stereocenters. The van der Waals surface area contributed by atoms with Crippen molar-refractivity contribution < 1.29 is 27.8 Å². The number of alkyl halides is 3. The molecule has 32 heavy (non-hydrogen) atoms. The van der Waals surface area contributed by atoms with Gasteiger partial charge in [0.1, 0.15) is 23.9 Å². The van der Waals surface area contributed by atoms with Gasteiger partial charge in [-0.1, -0.05) is 12.1 Å². The largest absolute Gasteiger partial charge is 0.488 e. The van der Waals surface area contributed by atoms with Crippen LogP contribution >= 0.6 is 11.3 Å². The second-order valence-electron chi connectivity index (χ2n) is 7.40. The minimum atomic E-state index is -4.37. The third-order valence-corrected chi connectivity index (χ3v) is 6.26. The Labute approximate surface area is 185 Å². The first-order valence-corrected chi connectivity index (χ1v) is 10.5. The van der Waals surface area contributed by atoms with Gasteiger partial charge in [0, 0.05) is 23.2 Å². The molecule has 0 spiro atoms. The monoisotopic (exact) mass is 460 g/mol. The molecule has 1 N–H and O–H groups in total. The van der Waals surface area contributed by atoms with Crippen LogP contribution in [0, 0.1) is 13.8 Å². The van der Waals surface area contributed by atoms with Gasteiger partial charge in [0.05, 0.1) is 21.7 Å². The van der Waals surface area contributed by atoms with Crippen molar-refractivity contribution in [3.63, 3.8) is 0 Å². The molecule has 9 heteroatoms. The summed E-state index contributed by atoms with van der Waals surface area (Å²) in [4.78, 5) is 16.5. The summed E-state index contributed by atoms with van der Waals surface area (Å²) < 4.78 is 45.9. The lowest BCUT2D eigenvalue weighted by atomic mass is 10.1. The van der Waals surface area contributed by atoms with Gasteiger partial charge in [-0.15, -0.1) is 11.3 Å². The van der Waals surface area contributed by atoms with Crippen molar-refractivity contribution in [1.29, 1.82) is 0 Å². The van der Waals surface area contributed by atoms with Crippen LogP contribution in [0.1, 0.15) is 21.7 Å². The van der Waals surface area contributed by atoms with Crippen LogP contribution in [0.5, 0.6) is 5.75 Å². The highest BCUT2D eigenvalue weighted by molar-refractivity contribution is 7.15. The molecule has 0 atom stereocenters. The Morgan fingerprint density at radius 2 is 1.88 bits per heavy atom. The van der Waals surface area contributed by atoms with Gasteiger partial charge in [-0.3, -0.25) is 4.79 Å². The van der Waals surface area contributed by atoms with Crippen LogP contribution < -0.4 is 4.74 Å². The molecule has 0 bridgehead atoms. The molecule has 166 valence electrons. The SMILES string of the molecule is Cc1nc(-c2ccc(C(F)(F)F)cc2)sc1COc1ccc2c(C)cn(CC(=O)O)c2c1. The van der Waals surface area contributed by atoms with Gasteiger partial charge < -0.3 is 14.4 Å². The first kappa shape index (κ1) is 21.9. The van der Waals surface area contributed by atoms with Crippen LogP contribution in [0.3, 0.4) is 0 Å². The molecule has 5 nitrogen and oxygen atoms in total. The van der Waals surface area contributed by atoms with Crippen LogP contribution in [-0.2, 0) is 24.1 Å². The van der Waals surface area contributed by atoms with Crippen LogP contribution in [0.15, 0.2) is 48.7 Å². The molecule has 2 aromatic heterocycles. The van der Waals surface area contributed by atoms with Crippen LogP contribution in [0.25, 0.3) is 21.5 Å². The van der Waals surface area contributed by atoms with Crippen molar-refractivity contribution in [3.8, 4) is 16.3 Å². The van der Waals surface area contributed by atoms with E-state index in [0.717, 1.165) is 39.2 Å². The van der Waals surface area contributed by atoms with Crippen molar-refractivity contribution in [1.82, 2.24) is 9.55 Å². The van der Waals surface area contributed by atoms with Gasteiger partial charge in [-0.25, -0.2) is 4.98 Å². The molecule has 4 aromatic rings. The van der Waals surface area contributed by atoms with E-state index in [2.05, 4.69) is 4.98 Å². The predicted octanol–water partition coefficient (Wildman–Crippen LogP) is 6.06. The van der Waals surface area contributed by atoms with Crippen LogP contribution in [0.4, 0.5) is 13.2 Å². The van der Waals surface area contributed by atoms with Gasteiger partial charge in [0.25, 0.3) is 0 Å². The number of aromatic nitrogens is 2. The van der Waals surface area contributed by atoms with Crippen molar-refractivity contribution in [2.24, 2.45) is 0 Å². The molecule has 0 aliphatic rings. The minimum Gasteiger partial charge on any atom is -0.488 e. The topological polar surface area (TPSA) is 64.4 Å². The third kappa shape index (κ3) is 4.47. The lowest BCUT2D eigenvalue weighted by Crippen LogP contribution is -2.07. The molecule has 2 aromatic carbocycles. The van der Waals surface area contributed by atoms with E-state index >= 15 is 0 Å². The molecule has 4 rings (SSSR count). The summed E-state index contributed by atoms with van der Waals surface area (Å²) in [6.45, 7) is 3.85. The van der Waals surface area contributed by atoms with E-state index < -0.39 is 17.7 Å².